The second-order valence-electron chi connectivity index (χ2n) is 6.35. The molecule has 144 valence electrons. The van der Waals surface area contributed by atoms with E-state index >= 15 is 0 Å². The predicted octanol–water partition coefficient (Wildman–Crippen LogP) is 3.38. The molecule has 2 heterocycles. The Balaban J connectivity index is 1.57. The summed E-state index contributed by atoms with van der Waals surface area (Å²) in [6.45, 7) is 1.14. The number of sulfonamides is 1. The first-order valence-electron chi connectivity index (χ1n) is 8.99. The standard InChI is InChI=1S/C19H23N3O3S2/c23-18(21-16-8-4-3-5-9-16)15-26-19-11-10-17(14-20-19)27(24,25)22-12-6-1-2-7-13-22/h3-5,8-11,14H,1-2,6-7,12-13,15H2,(H,21,23). The zero-order valence-electron chi connectivity index (χ0n) is 15.0. The van der Waals surface area contributed by atoms with E-state index in [1.807, 2.05) is 30.3 Å². The molecule has 1 aromatic heterocycles. The highest BCUT2D eigenvalue weighted by Gasteiger charge is 2.25. The number of nitrogens with one attached hydrogen (secondary N) is 1. The van der Waals surface area contributed by atoms with Crippen molar-refractivity contribution in [3.8, 4) is 0 Å². The summed E-state index contributed by atoms with van der Waals surface area (Å²) in [4.78, 5) is 16.4. The van der Waals surface area contributed by atoms with Crippen molar-refractivity contribution in [1.29, 1.82) is 0 Å². The number of aromatic nitrogens is 1. The number of amides is 1. The molecule has 1 N–H and O–H groups in total. The number of pyridine rings is 1. The van der Waals surface area contributed by atoms with Crippen LogP contribution in [0.2, 0.25) is 0 Å². The van der Waals surface area contributed by atoms with Crippen LogP contribution in [0.25, 0.3) is 0 Å². The number of anilines is 1. The van der Waals surface area contributed by atoms with Gasteiger partial charge in [-0.3, -0.25) is 4.79 Å². The van der Waals surface area contributed by atoms with Crippen molar-refractivity contribution >= 4 is 33.4 Å². The first-order valence-corrected chi connectivity index (χ1v) is 11.4. The molecular formula is C19H23N3O3S2. The molecule has 1 aliphatic rings. The minimum Gasteiger partial charge on any atom is -0.325 e. The SMILES string of the molecule is O=C(CSc1ccc(S(=O)(=O)N2CCCCCC2)cn1)Nc1ccccc1. The van der Waals surface area contributed by atoms with E-state index in [2.05, 4.69) is 10.3 Å². The fraction of sp³-hybridized carbons (Fsp3) is 0.368. The molecule has 6 nitrogen and oxygen atoms in total. The van der Waals surface area contributed by atoms with Gasteiger partial charge in [0.2, 0.25) is 15.9 Å². The Morgan fingerprint density at radius 2 is 1.74 bits per heavy atom. The smallest absolute Gasteiger partial charge is 0.244 e. The summed E-state index contributed by atoms with van der Waals surface area (Å²) in [5.41, 5.74) is 0.745. The molecule has 1 aromatic carbocycles. The summed E-state index contributed by atoms with van der Waals surface area (Å²) in [6.07, 6.45) is 5.34. The molecule has 27 heavy (non-hydrogen) atoms. The average Bonchev–Trinajstić information content (AvgIpc) is 2.98. The summed E-state index contributed by atoms with van der Waals surface area (Å²) in [7, 11) is -3.49. The third-order valence-corrected chi connectivity index (χ3v) is 7.15. The maximum Gasteiger partial charge on any atom is 0.244 e. The van der Waals surface area contributed by atoms with Crippen LogP contribution in [0, 0.1) is 0 Å². The Kier molecular flexibility index (Phi) is 6.87. The Morgan fingerprint density at radius 3 is 2.37 bits per heavy atom. The molecule has 1 aliphatic heterocycles. The third kappa shape index (κ3) is 5.54. The lowest BCUT2D eigenvalue weighted by atomic mass is 10.2. The molecule has 0 radical (unpaired) electrons. The van der Waals surface area contributed by atoms with E-state index < -0.39 is 10.0 Å². The largest absolute Gasteiger partial charge is 0.325 e. The summed E-state index contributed by atoms with van der Waals surface area (Å²) < 4.78 is 27.0. The van der Waals surface area contributed by atoms with Gasteiger partial charge in [-0.15, -0.1) is 0 Å². The van der Waals surface area contributed by atoms with Gasteiger partial charge >= 0.3 is 0 Å². The number of benzene rings is 1. The van der Waals surface area contributed by atoms with E-state index in [-0.39, 0.29) is 16.6 Å². The normalized spacial score (nSPS) is 15.9. The molecule has 1 fully saturated rings. The van der Waals surface area contributed by atoms with Gasteiger partial charge in [0.1, 0.15) is 4.90 Å². The van der Waals surface area contributed by atoms with Crippen molar-refractivity contribution in [2.24, 2.45) is 0 Å². The van der Waals surface area contributed by atoms with Gasteiger partial charge in [0, 0.05) is 25.0 Å². The van der Waals surface area contributed by atoms with Crippen LogP contribution >= 0.6 is 11.8 Å². The van der Waals surface area contributed by atoms with Gasteiger partial charge in [0.05, 0.1) is 10.8 Å². The van der Waals surface area contributed by atoms with Crippen molar-refractivity contribution in [1.82, 2.24) is 9.29 Å². The fourth-order valence-electron chi connectivity index (χ4n) is 2.89. The molecule has 0 spiro atoms. The number of hydrogen-bond acceptors (Lipinski definition) is 5. The van der Waals surface area contributed by atoms with E-state index in [9.17, 15) is 13.2 Å². The van der Waals surface area contributed by atoms with Gasteiger partial charge < -0.3 is 5.32 Å². The predicted molar refractivity (Wildman–Crippen MR) is 107 cm³/mol. The second kappa shape index (κ2) is 9.34. The van der Waals surface area contributed by atoms with Crippen LogP contribution in [0.15, 0.2) is 58.6 Å². The summed E-state index contributed by atoms with van der Waals surface area (Å²) in [5.74, 6) is 0.0781. The van der Waals surface area contributed by atoms with Gasteiger partial charge in [-0.05, 0) is 37.1 Å². The maximum absolute atomic E-state index is 12.7. The lowest BCUT2D eigenvalue weighted by Crippen LogP contribution is -2.32. The van der Waals surface area contributed by atoms with Gasteiger partial charge in [-0.1, -0.05) is 42.8 Å². The number of nitrogens with zero attached hydrogens (tertiary/aromatic N) is 2. The topological polar surface area (TPSA) is 79.4 Å². The van der Waals surface area contributed by atoms with E-state index in [1.165, 1.54) is 18.0 Å². The van der Waals surface area contributed by atoms with E-state index in [0.717, 1.165) is 31.4 Å². The Morgan fingerprint density at radius 1 is 1.04 bits per heavy atom. The Hall–Kier alpha value is -1.90. The van der Waals surface area contributed by atoms with Gasteiger partial charge in [0.15, 0.2) is 0 Å². The lowest BCUT2D eigenvalue weighted by molar-refractivity contribution is -0.113. The number of carbonyl (C=O) groups is 1. The monoisotopic (exact) mass is 405 g/mol. The molecule has 0 unspecified atom stereocenters. The third-order valence-electron chi connectivity index (χ3n) is 4.32. The molecule has 1 amide bonds. The van der Waals surface area contributed by atoms with Crippen LogP contribution in [0.1, 0.15) is 25.7 Å². The highest BCUT2D eigenvalue weighted by molar-refractivity contribution is 7.99. The summed E-state index contributed by atoms with van der Waals surface area (Å²) in [6, 6.07) is 12.5. The zero-order chi connectivity index (χ0) is 19.1. The number of rotatable bonds is 6. The van der Waals surface area contributed by atoms with Crippen molar-refractivity contribution in [2.75, 3.05) is 24.2 Å². The summed E-state index contributed by atoms with van der Waals surface area (Å²) in [5, 5.41) is 3.43. The highest BCUT2D eigenvalue weighted by atomic mass is 32.2. The number of para-hydroxylation sites is 1. The molecule has 0 aliphatic carbocycles. The van der Waals surface area contributed by atoms with E-state index in [1.54, 1.807) is 16.4 Å². The minimum absolute atomic E-state index is 0.130. The maximum atomic E-state index is 12.7. The van der Waals surface area contributed by atoms with Gasteiger partial charge in [0.25, 0.3) is 0 Å². The van der Waals surface area contributed by atoms with Gasteiger partial charge in [-0.2, -0.15) is 4.31 Å². The molecule has 0 saturated carbocycles. The first kappa shape index (κ1) is 19.9. The Labute approximate surface area is 164 Å². The molecule has 0 atom stereocenters. The first-order chi connectivity index (χ1) is 13.1. The Bertz CT molecular complexity index is 848. The van der Waals surface area contributed by atoms with Crippen molar-refractivity contribution in [3.63, 3.8) is 0 Å². The van der Waals surface area contributed by atoms with Crippen LogP contribution < -0.4 is 5.32 Å². The van der Waals surface area contributed by atoms with Crippen molar-refractivity contribution in [2.45, 2.75) is 35.6 Å². The van der Waals surface area contributed by atoms with Crippen LogP contribution in [-0.4, -0.2) is 42.5 Å². The van der Waals surface area contributed by atoms with Crippen molar-refractivity contribution < 1.29 is 13.2 Å². The average molecular weight is 406 g/mol. The molecule has 2 aromatic rings. The number of carbonyl (C=O) groups excluding carboxylic acids is 1. The molecule has 1 saturated heterocycles. The van der Waals surface area contributed by atoms with Crippen LogP contribution in [0.3, 0.4) is 0 Å². The van der Waals surface area contributed by atoms with Crippen molar-refractivity contribution in [3.05, 3.63) is 48.7 Å². The highest BCUT2D eigenvalue weighted by Crippen LogP contribution is 2.22. The lowest BCUT2D eigenvalue weighted by Gasteiger charge is -2.19. The minimum atomic E-state index is -3.49. The second-order valence-corrected chi connectivity index (χ2v) is 9.29. The quantitative estimate of drug-likeness (QED) is 0.746. The van der Waals surface area contributed by atoms with Crippen LogP contribution in [0.5, 0.6) is 0 Å². The molecular weight excluding hydrogens is 382 g/mol. The number of thioether (sulfide) groups is 1. The van der Waals surface area contributed by atoms with Crippen LogP contribution in [0.4, 0.5) is 5.69 Å². The van der Waals surface area contributed by atoms with E-state index in [0.29, 0.717) is 18.1 Å². The number of hydrogen-bond donors (Lipinski definition) is 1. The molecule has 0 bridgehead atoms. The fourth-order valence-corrected chi connectivity index (χ4v) is 5.00. The van der Waals surface area contributed by atoms with Crippen LogP contribution in [-0.2, 0) is 14.8 Å². The van der Waals surface area contributed by atoms with E-state index in [4.69, 9.17) is 0 Å². The molecule has 8 heteroatoms. The zero-order valence-corrected chi connectivity index (χ0v) is 16.6. The van der Waals surface area contributed by atoms with Gasteiger partial charge in [-0.25, -0.2) is 13.4 Å². The summed E-state index contributed by atoms with van der Waals surface area (Å²) >= 11 is 1.27. The molecule has 3 rings (SSSR count).